The van der Waals surface area contributed by atoms with E-state index < -0.39 is 12.0 Å². The minimum absolute atomic E-state index is 0.123. The van der Waals surface area contributed by atoms with Crippen molar-refractivity contribution >= 4 is 23.5 Å². The highest BCUT2D eigenvalue weighted by molar-refractivity contribution is 5.98. The number of hydrogen-bond donors (Lipinski definition) is 3. The molecule has 2 amide bonds. The largest absolute Gasteiger partial charge is 0.465 e. The highest BCUT2D eigenvalue weighted by Crippen LogP contribution is 2.17. The highest BCUT2D eigenvalue weighted by atomic mass is 16.5. The van der Waals surface area contributed by atoms with E-state index in [2.05, 4.69) is 20.7 Å². The van der Waals surface area contributed by atoms with E-state index in [0.717, 1.165) is 5.56 Å². The van der Waals surface area contributed by atoms with Crippen LogP contribution in [0.2, 0.25) is 0 Å². The molecule has 1 aliphatic heterocycles. The van der Waals surface area contributed by atoms with Crippen molar-refractivity contribution in [1.29, 1.82) is 0 Å². The number of hydrogen-bond acceptors (Lipinski definition) is 5. The van der Waals surface area contributed by atoms with Gasteiger partial charge in [0.2, 0.25) is 11.8 Å². The minimum atomic E-state index is -0.470. The zero-order valence-electron chi connectivity index (χ0n) is 11.9. The Kier molecular flexibility index (Phi) is 4.54. The third kappa shape index (κ3) is 3.57. The summed E-state index contributed by atoms with van der Waals surface area (Å²) >= 11 is 0. The number of benzene rings is 1. The van der Waals surface area contributed by atoms with Gasteiger partial charge in [-0.3, -0.25) is 14.9 Å². The van der Waals surface area contributed by atoms with E-state index in [1.54, 1.807) is 25.1 Å². The standard InChI is InChI=1S/C14H17N3O4/c1-8-5-9(14(20)21-2)3-4-10(8)17-13(19)11-6-16-12(18)7-15-11/h3-5,11,15H,6-7H2,1-2H3,(H,16,18)(H,17,19). The summed E-state index contributed by atoms with van der Waals surface area (Å²) in [5.41, 5.74) is 1.80. The third-order valence-electron chi connectivity index (χ3n) is 3.23. The molecule has 1 fully saturated rings. The van der Waals surface area contributed by atoms with E-state index in [4.69, 9.17) is 0 Å². The maximum atomic E-state index is 12.1. The van der Waals surface area contributed by atoms with Crippen molar-refractivity contribution in [3.8, 4) is 0 Å². The van der Waals surface area contributed by atoms with Gasteiger partial charge in [0, 0.05) is 12.2 Å². The summed E-state index contributed by atoms with van der Waals surface area (Å²) in [4.78, 5) is 34.5. The maximum Gasteiger partial charge on any atom is 0.337 e. The number of ether oxygens (including phenoxy) is 1. The first-order valence-corrected chi connectivity index (χ1v) is 6.51. The van der Waals surface area contributed by atoms with Gasteiger partial charge in [0.05, 0.1) is 19.2 Å². The van der Waals surface area contributed by atoms with Crippen LogP contribution in [0.1, 0.15) is 15.9 Å². The summed E-state index contributed by atoms with van der Waals surface area (Å²) in [6.45, 7) is 2.17. The number of amides is 2. The Morgan fingerprint density at radius 2 is 2.14 bits per heavy atom. The number of esters is 1. The first-order chi connectivity index (χ1) is 10.0. The molecule has 0 saturated carbocycles. The van der Waals surface area contributed by atoms with Crippen LogP contribution in [0.15, 0.2) is 18.2 Å². The SMILES string of the molecule is COC(=O)c1ccc(NC(=O)C2CNC(=O)CN2)c(C)c1. The molecular weight excluding hydrogens is 274 g/mol. The van der Waals surface area contributed by atoms with E-state index >= 15 is 0 Å². The molecule has 1 unspecified atom stereocenters. The van der Waals surface area contributed by atoms with E-state index in [1.807, 2.05) is 0 Å². The molecule has 1 heterocycles. The van der Waals surface area contributed by atoms with Gasteiger partial charge >= 0.3 is 5.97 Å². The summed E-state index contributed by atoms with van der Waals surface area (Å²) in [7, 11) is 1.32. The van der Waals surface area contributed by atoms with Crippen LogP contribution in [0.4, 0.5) is 5.69 Å². The number of carbonyl (C=O) groups is 3. The average Bonchev–Trinajstić information content (AvgIpc) is 2.49. The molecule has 3 N–H and O–H groups in total. The number of anilines is 1. The van der Waals surface area contributed by atoms with Crippen LogP contribution in [-0.2, 0) is 14.3 Å². The highest BCUT2D eigenvalue weighted by Gasteiger charge is 2.24. The number of aryl methyl sites for hydroxylation is 1. The van der Waals surface area contributed by atoms with Crippen molar-refractivity contribution in [3.63, 3.8) is 0 Å². The smallest absolute Gasteiger partial charge is 0.337 e. The molecule has 0 bridgehead atoms. The van der Waals surface area contributed by atoms with E-state index in [0.29, 0.717) is 11.3 Å². The van der Waals surface area contributed by atoms with E-state index in [1.165, 1.54) is 7.11 Å². The second kappa shape index (κ2) is 6.36. The van der Waals surface area contributed by atoms with Gasteiger partial charge < -0.3 is 15.4 Å². The van der Waals surface area contributed by atoms with Gasteiger partial charge in [0.15, 0.2) is 0 Å². The lowest BCUT2D eigenvalue weighted by atomic mass is 10.1. The quantitative estimate of drug-likeness (QED) is 0.671. The van der Waals surface area contributed by atoms with Gasteiger partial charge in [-0.25, -0.2) is 4.79 Å². The van der Waals surface area contributed by atoms with Crippen molar-refractivity contribution in [2.75, 3.05) is 25.5 Å². The molecule has 7 nitrogen and oxygen atoms in total. The summed E-state index contributed by atoms with van der Waals surface area (Å²) in [6, 6.07) is 4.42. The van der Waals surface area contributed by atoms with Crippen molar-refractivity contribution in [1.82, 2.24) is 10.6 Å². The van der Waals surface area contributed by atoms with Crippen LogP contribution < -0.4 is 16.0 Å². The monoisotopic (exact) mass is 291 g/mol. The molecule has 1 aromatic rings. The second-order valence-corrected chi connectivity index (χ2v) is 4.75. The number of rotatable bonds is 3. The number of nitrogens with one attached hydrogen (secondary N) is 3. The molecule has 1 aromatic carbocycles. The number of methoxy groups -OCH3 is 1. The van der Waals surface area contributed by atoms with Crippen LogP contribution in [0, 0.1) is 6.92 Å². The van der Waals surface area contributed by atoms with E-state index in [9.17, 15) is 14.4 Å². The van der Waals surface area contributed by atoms with Crippen LogP contribution in [0.5, 0.6) is 0 Å². The topological polar surface area (TPSA) is 96.5 Å². The lowest BCUT2D eigenvalue weighted by Gasteiger charge is -2.23. The Hall–Kier alpha value is -2.41. The molecule has 0 aliphatic carbocycles. The molecule has 112 valence electrons. The predicted molar refractivity (Wildman–Crippen MR) is 75.9 cm³/mol. The van der Waals surface area contributed by atoms with Crippen LogP contribution in [0.25, 0.3) is 0 Å². The van der Waals surface area contributed by atoms with Crippen LogP contribution >= 0.6 is 0 Å². The summed E-state index contributed by atoms with van der Waals surface area (Å²) in [6.07, 6.45) is 0. The van der Waals surface area contributed by atoms with Gasteiger partial charge in [-0.1, -0.05) is 0 Å². The zero-order valence-corrected chi connectivity index (χ0v) is 11.9. The molecule has 1 aliphatic rings. The Morgan fingerprint density at radius 3 is 2.71 bits per heavy atom. The van der Waals surface area contributed by atoms with Crippen molar-refractivity contribution in [2.24, 2.45) is 0 Å². The maximum absolute atomic E-state index is 12.1. The fraction of sp³-hybridized carbons (Fsp3) is 0.357. The normalized spacial score (nSPS) is 17.8. The average molecular weight is 291 g/mol. The zero-order chi connectivity index (χ0) is 15.4. The first kappa shape index (κ1) is 15.0. The van der Waals surface area contributed by atoms with Gasteiger partial charge in [-0.05, 0) is 30.7 Å². The van der Waals surface area contributed by atoms with Gasteiger partial charge in [0.1, 0.15) is 6.04 Å². The number of piperazine rings is 1. The molecule has 1 saturated heterocycles. The van der Waals surface area contributed by atoms with Crippen molar-refractivity contribution < 1.29 is 19.1 Å². The van der Waals surface area contributed by atoms with Gasteiger partial charge in [-0.2, -0.15) is 0 Å². The molecule has 1 atom stereocenters. The van der Waals surface area contributed by atoms with Gasteiger partial charge in [0.25, 0.3) is 0 Å². The molecule has 7 heteroatoms. The van der Waals surface area contributed by atoms with Crippen LogP contribution in [-0.4, -0.2) is 44.0 Å². The van der Waals surface area contributed by atoms with Crippen LogP contribution in [0.3, 0.4) is 0 Å². The lowest BCUT2D eigenvalue weighted by Crippen LogP contribution is -2.56. The van der Waals surface area contributed by atoms with Gasteiger partial charge in [-0.15, -0.1) is 0 Å². The second-order valence-electron chi connectivity index (χ2n) is 4.75. The fourth-order valence-corrected chi connectivity index (χ4v) is 2.02. The summed E-state index contributed by atoms with van der Waals surface area (Å²) in [5, 5.41) is 8.24. The summed E-state index contributed by atoms with van der Waals surface area (Å²) < 4.78 is 4.64. The van der Waals surface area contributed by atoms with E-state index in [-0.39, 0.29) is 24.9 Å². The molecule has 2 rings (SSSR count). The van der Waals surface area contributed by atoms with Crippen molar-refractivity contribution in [3.05, 3.63) is 29.3 Å². The Bertz CT molecular complexity index is 576. The first-order valence-electron chi connectivity index (χ1n) is 6.51. The fourth-order valence-electron chi connectivity index (χ4n) is 2.02. The van der Waals surface area contributed by atoms with Crippen molar-refractivity contribution in [2.45, 2.75) is 13.0 Å². The molecule has 0 aromatic heterocycles. The predicted octanol–water partition coefficient (Wildman–Crippen LogP) is -0.192. The lowest BCUT2D eigenvalue weighted by molar-refractivity contribution is -0.124. The molecule has 21 heavy (non-hydrogen) atoms. The number of carbonyl (C=O) groups excluding carboxylic acids is 3. The molecular formula is C14H17N3O4. The third-order valence-corrected chi connectivity index (χ3v) is 3.23. The Labute approximate surface area is 122 Å². The molecule has 0 spiro atoms. The Balaban J connectivity index is 2.04. The Morgan fingerprint density at radius 1 is 1.38 bits per heavy atom. The summed E-state index contributed by atoms with van der Waals surface area (Å²) in [5.74, 6) is -0.783. The molecule has 0 radical (unpaired) electrons. The minimum Gasteiger partial charge on any atom is -0.465 e.